The maximum absolute atomic E-state index is 12.6. The monoisotopic (exact) mass is 396 g/mol. The van der Waals surface area contributed by atoms with Gasteiger partial charge in [-0.05, 0) is 43.0 Å². The highest BCUT2D eigenvalue weighted by molar-refractivity contribution is 7.22. The first-order valence-electron chi connectivity index (χ1n) is 7.23. The van der Waals surface area contributed by atoms with Crippen molar-refractivity contribution < 1.29 is 4.79 Å². The molecule has 2 heterocycles. The number of thiophene rings is 1. The quantitative estimate of drug-likeness (QED) is 0.589. The number of nitrogens with one attached hydrogen (secondary N) is 1. The van der Waals surface area contributed by atoms with Gasteiger partial charge >= 0.3 is 0 Å². The topological polar surface area (TPSA) is 42.0 Å². The number of hydrogen-bond donors (Lipinski definition) is 1. The summed E-state index contributed by atoms with van der Waals surface area (Å²) in [6, 6.07) is 9.01. The van der Waals surface area contributed by atoms with Gasteiger partial charge in [-0.2, -0.15) is 0 Å². The van der Waals surface area contributed by atoms with Gasteiger partial charge in [0.2, 0.25) is 0 Å². The lowest BCUT2D eigenvalue weighted by atomic mass is 10.1. The van der Waals surface area contributed by atoms with Crippen molar-refractivity contribution in [3.8, 4) is 9.88 Å². The Morgan fingerprint density at radius 2 is 2.08 bits per heavy atom. The van der Waals surface area contributed by atoms with Crippen LogP contribution < -0.4 is 5.32 Å². The summed E-state index contributed by atoms with van der Waals surface area (Å²) < 4.78 is 0. The van der Waals surface area contributed by atoms with Gasteiger partial charge in [-0.1, -0.05) is 35.3 Å². The highest BCUT2D eigenvalue weighted by Gasteiger charge is 2.19. The summed E-state index contributed by atoms with van der Waals surface area (Å²) in [5.41, 5.74) is 1.56. The van der Waals surface area contributed by atoms with E-state index in [4.69, 9.17) is 23.2 Å². The maximum Gasteiger partial charge on any atom is 0.263 e. The third kappa shape index (κ3) is 3.64. The lowest BCUT2D eigenvalue weighted by molar-refractivity contribution is 0.0943. The molecule has 1 N–H and O–H groups in total. The number of carbonyl (C=O) groups excluding carboxylic acids is 1. The number of amides is 1. The summed E-state index contributed by atoms with van der Waals surface area (Å²) in [6.07, 6.45) is 0. The van der Waals surface area contributed by atoms with E-state index in [0.717, 1.165) is 21.1 Å². The third-order valence-electron chi connectivity index (χ3n) is 3.51. The Kier molecular flexibility index (Phi) is 5.25. The molecule has 0 bridgehead atoms. The predicted octanol–water partition coefficient (Wildman–Crippen LogP) is 5.98. The van der Waals surface area contributed by atoms with Gasteiger partial charge < -0.3 is 5.32 Å². The molecule has 1 aromatic carbocycles. The Morgan fingerprint density at radius 1 is 1.29 bits per heavy atom. The fourth-order valence-corrected chi connectivity index (χ4v) is 4.64. The van der Waals surface area contributed by atoms with E-state index in [1.54, 1.807) is 23.5 Å². The summed E-state index contributed by atoms with van der Waals surface area (Å²) in [6.45, 7) is 3.74. The number of halogens is 2. The molecule has 0 radical (unpaired) electrons. The second-order valence-corrected chi connectivity index (χ2v) is 8.06. The molecule has 0 fully saturated rings. The van der Waals surface area contributed by atoms with Gasteiger partial charge in [0.15, 0.2) is 0 Å². The van der Waals surface area contributed by atoms with E-state index in [1.165, 1.54) is 11.3 Å². The van der Waals surface area contributed by atoms with Crippen molar-refractivity contribution in [3.05, 3.63) is 61.9 Å². The molecule has 0 saturated heterocycles. The minimum absolute atomic E-state index is 0.147. The number of hydrogen-bond acceptors (Lipinski definition) is 4. The lowest BCUT2D eigenvalue weighted by Gasteiger charge is -2.15. The van der Waals surface area contributed by atoms with E-state index in [9.17, 15) is 4.79 Å². The molecular formula is C17H14Cl2N2OS2. The second-order valence-electron chi connectivity index (χ2n) is 5.27. The summed E-state index contributed by atoms with van der Waals surface area (Å²) in [5, 5.41) is 6.95. The van der Waals surface area contributed by atoms with E-state index < -0.39 is 0 Å². The van der Waals surface area contributed by atoms with Crippen molar-refractivity contribution in [1.82, 2.24) is 10.3 Å². The van der Waals surface area contributed by atoms with Gasteiger partial charge in [0.25, 0.3) is 5.91 Å². The molecule has 0 saturated carbocycles. The average molecular weight is 397 g/mol. The molecule has 0 aliphatic rings. The second kappa shape index (κ2) is 7.23. The van der Waals surface area contributed by atoms with E-state index in [0.29, 0.717) is 14.9 Å². The Hall–Kier alpha value is -1.40. The van der Waals surface area contributed by atoms with Gasteiger partial charge in [0.1, 0.15) is 9.88 Å². The SMILES string of the molecule is Cc1nc(-c2cccs2)sc1C(=O)NC(C)c1ccc(Cl)cc1Cl. The van der Waals surface area contributed by atoms with Crippen LogP contribution in [0.5, 0.6) is 0 Å². The molecule has 0 aliphatic carbocycles. The summed E-state index contributed by atoms with van der Waals surface area (Å²) in [4.78, 5) is 18.8. The van der Waals surface area contributed by atoms with Gasteiger partial charge in [-0.25, -0.2) is 4.98 Å². The number of thiazole rings is 1. The third-order valence-corrected chi connectivity index (χ3v) is 6.27. The van der Waals surface area contributed by atoms with Crippen molar-refractivity contribution >= 4 is 51.8 Å². The minimum Gasteiger partial charge on any atom is -0.345 e. The van der Waals surface area contributed by atoms with Crippen LogP contribution in [0.4, 0.5) is 0 Å². The number of benzene rings is 1. The standard InChI is InChI=1S/C17H14Cl2N2OS2/c1-9(12-6-5-11(18)8-13(12)19)20-16(22)15-10(2)21-17(24-15)14-4-3-7-23-14/h3-9H,1-2H3,(H,20,22). The molecule has 0 spiro atoms. The Balaban J connectivity index is 1.80. The molecule has 24 heavy (non-hydrogen) atoms. The molecule has 7 heteroatoms. The summed E-state index contributed by atoms with van der Waals surface area (Å²) in [5.74, 6) is -0.147. The van der Waals surface area contributed by atoms with E-state index in [2.05, 4.69) is 10.3 Å². The number of aryl methyl sites for hydroxylation is 1. The molecule has 3 nitrogen and oxygen atoms in total. The first-order valence-corrected chi connectivity index (χ1v) is 9.68. The average Bonchev–Trinajstić information content (AvgIpc) is 3.15. The fourth-order valence-electron chi connectivity index (χ4n) is 2.31. The van der Waals surface area contributed by atoms with Crippen LogP contribution in [0, 0.1) is 6.92 Å². The molecule has 124 valence electrons. The van der Waals surface area contributed by atoms with E-state index in [-0.39, 0.29) is 11.9 Å². The summed E-state index contributed by atoms with van der Waals surface area (Å²) >= 11 is 15.1. The Bertz CT molecular complexity index is 875. The highest BCUT2D eigenvalue weighted by atomic mass is 35.5. The first-order chi connectivity index (χ1) is 11.5. The van der Waals surface area contributed by atoms with Gasteiger partial charge in [-0.3, -0.25) is 4.79 Å². The Morgan fingerprint density at radius 3 is 2.75 bits per heavy atom. The van der Waals surface area contributed by atoms with Crippen LogP contribution in [-0.2, 0) is 0 Å². The molecule has 3 rings (SSSR count). The van der Waals surface area contributed by atoms with Crippen molar-refractivity contribution in [3.63, 3.8) is 0 Å². The molecular weight excluding hydrogens is 383 g/mol. The van der Waals surface area contributed by atoms with Crippen molar-refractivity contribution in [2.75, 3.05) is 0 Å². The number of rotatable bonds is 4. The molecule has 1 amide bonds. The van der Waals surface area contributed by atoms with Crippen LogP contribution in [0.2, 0.25) is 10.0 Å². The van der Waals surface area contributed by atoms with Crippen LogP contribution in [-0.4, -0.2) is 10.9 Å². The lowest BCUT2D eigenvalue weighted by Crippen LogP contribution is -2.26. The van der Waals surface area contributed by atoms with Crippen LogP contribution in [0.3, 0.4) is 0 Å². The van der Waals surface area contributed by atoms with Crippen LogP contribution >= 0.6 is 45.9 Å². The zero-order valence-electron chi connectivity index (χ0n) is 13.0. The number of aromatic nitrogens is 1. The number of carbonyl (C=O) groups is 1. The molecule has 3 aromatic rings. The maximum atomic E-state index is 12.6. The van der Waals surface area contributed by atoms with Crippen molar-refractivity contribution in [2.24, 2.45) is 0 Å². The van der Waals surface area contributed by atoms with Crippen molar-refractivity contribution in [1.29, 1.82) is 0 Å². The highest BCUT2D eigenvalue weighted by Crippen LogP contribution is 2.32. The molecule has 2 aromatic heterocycles. The van der Waals surface area contributed by atoms with Gasteiger partial charge in [0, 0.05) is 10.0 Å². The zero-order valence-corrected chi connectivity index (χ0v) is 16.1. The van der Waals surface area contributed by atoms with Crippen LogP contribution in [0.15, 0.2) is 35.7 Å². The fraction of sp³-hybridized carbons (Fsp3) is 0.176. The zero-order chi connectivity index (χ0) is 17.3. The Labute approximate surface area is 158 Å². The van der Waals surface area contributed by atoms with Crippen molar-refractivity contribution in [2.45, 2.75) is 19.9 Å². The van der Waals surface area contributed by atoms with Crippen LogP contribution in [0.25, 0.3) is 9.88 Å². The summed E-state index contributed by atoms with van der Waals surface area (Å²) in [7, 11) is 0. The van der Waals surface area contributed by atoms with Crippen LogP contribution in [0.1, 0.15) is 33.9 Å². The largest absolute Gasteiger partial charge is 0.345 e. The molecule has 1 atom stereocenters. The molecule has 1 unspecified atom stereocenters. The smallest absolute Gasteiger partial charge is 0.263 e. The van der Waals surface area contributed by atoms with Gasteiger partial charge in [0.05, 0.1) is 16.6 Å². The normalized spacial score (nSPS) is 12.2. The first kappa shape index (κ1) is 17.4. The predicted molar refractivity (Wildman–Crippen MR) is 103 cm³/mol. The van der Waals surface area contributed by atoms with Gasteiger partial charge in [-0.15, -0.1) is 22.7 Å². The van der Waals surface area contributed by atoms with E-state index in [1.807, 2.05) is 37.4 Å². The molecule has 0 aliphatic heterocycles. The van der Waals surface area contributed by atoms with E-state index >= 15 is 0 Å². The minimum atomic E-state index is -0.228. The number of nitrogens with zero attached hydrogens (tertiary/aromatic N) is 1.